The lowest BCUT2D eigenvalue weighted by Crippen LogP contribution is -2.45. The lowest BCUT2D eigenvalue weighted by molar-refractivity contribution is -0.00570. The van der Waals surface area contributed by atoms with E-state index < -0.39 is 0 Å². The number of thiazole rings is 1. The third kappa shape index (κ3) is 2.07. The molecule has 1 fully saturated rings. The first-order chi connectivity index (χ1) is 6.25. The van der Waals surface area contributed by atoms with Crippen LogP contribution < -0.4 is 5.32 Å². The maximum absolute atomic E-state index is 5.08. The van der Waals surface area contributed by atoms with E-state index in [1.165, 1.54) is 4.88 Å². The fourth-order valence-corrected chi connectivity index (χ4v) is 2.22. The molecule has 1 N–H and O–H groups in total. The molecule has 0 unspecified atom stereocenters. The number of aryl methyl sites for hydroxylation is 2. The summed E-state index contributed by atoms with van der Waals surface area (Å²) in [5.41, 5.74) is 1.16. The minimum atomic E-state index is 0.557. The van der Waals surface area contributed by atoms with Crippen molar-refractivity contribution in [2.75, 3.05) is 13.2 Å². The molecule has 72 valence electrons. The predicted molar refractivity (Wildman–Crippen MR) is 53.0 cm³/mol. The Hall–Kier alpha value is -0.450. The number of hydrogen-bond acceptors (Lipinski definition) is 4. The lowest BCUT2D eigenvalue weighted by atomic mass is 10.2. The molecule has 0 aliphatic carbocycles. The molecule has 2 heterocycles. The van der Waals surface area contributed by atoms with E-state index in [-0.39, 0.29) is 0 Å². The Balaban J connectivity index is 1.89. The van der Waals surface area contributed by atoms with Gasteiger partial charge in [0.1, 0.15) is 0 Å². The largest absolute Gasteiger partial charge is 0.378 e. The van der Waals surface area contributed by atoms with Crippen molar-refractivity contribution in [3.63, 3.8) is 0 Å². The SMILES string of the molecule is Cc1nc(C)c(CNC2COC2)s1. The van der Waals surface area contributed by atoms with Gasteiger partial charge in [-0.2, -0.15) is 0 Å². The van der Waals surface area contributed by atoms with Crippen molar-refractivity contribution < 1.29 is 4.74 Å². The number of nitrogens with one attached hydrogen (secondary N) is 1. The van der Waals surface area contributed by atoms with Crippen LogP contribution in [0, 0.1) is 13.8 Å². The molecule has 1 saturated heterocycles. The zero-order valence-corrected chi connectivity index (χ0v) is 8.78. The smallest absolute Gasteiger partial charge is 0.0900 e. The third-order valence-corrected chi connectivity index (χ3v) is 3.26. The summed E-state index contributed by atoms with van der Waals surface area (Å²) in [6, 6.07) is 0.557. The first-order valence-corrected chi connectivity index (χ1v) is 5.31. The standard InChI is InChI=1S/C9H14N2OS/c1-6-9(13-7(2)11-6)3-10-8-4-12-5-8/h8,10H,3-5H2,1-2H3. The van der Waals surface area contributed by atoms with Crippen LogP contribution in [0.4, 0.5) is 0 Å². The van der Waals surface area contributed by atoms with Crippen LogP contribution in [0.3, 0.4) is 0 Å². The number of aromatic nitrogens is 1. The van der Waals surface area contributed by atoms with E-state index in [0.717, 1.165) is 30.5 Å². The minimum Gasteiger partial charge on any atom is -0.378 e. The topological polar surface area (TPSA) is 34.2 Å². The van der Waals surface area contributed by atoms with Crippen molar-refractivity contribution in [3.8, 4) is 0 Å². The lowest BCUT2D eigenvalue weighted by Gasteiger charge is -2.26. The molecule has 0 amide bonds. The molecule has 0 aromatic carbocycles. The highest BCUT2D eigenvalue weighted by Gasteiger charge is 2.17. The maximum atomic E-state index is 5.08. The Morgan fingerprint density at radius 1 is 1.54 bits per heavy atom. The average molecular weight is 198 g/mol. The van der Waals surface area contributed by atoms with Gasteiger partial charge in [0.15, 0.2) is 0 Å². The van der Waals surface area contributed by atoms with Crippen molar-refractivity contribution in [3.05, 3.63) is 15.6 Å². The van der Waals surface area contributed by atoms with Crippen LogP contribution in [-0.2, 0) is 11.3 Å². The number of hydrogen-bond donors (Lipinski definition) is 1. The molecule has 0 radical (unpaired) electrons. The van der Waals surface area contributed by atoms with Crippen LogP contribution in [0.1, 0.15) is 15.6 Å². The van der Waals surface area contributed by atoms with E-state index in [2.05, 4.69) is 17.2 Å². The van der Waals surface area contributed by atoms with Crippen LogP contribution in [-0.4, -0.2) is 24.2 Å². The first kappa shape index (κ1) is 9.12. The van der Waals surface area contributed by atoms with Crippen LogP contribution in [0.25, 0.3) is 0 Å². The van der Waals surface area contributed by atoms with Gasteiger partial charge in [0.25, 0.3) is 0 Å². The fraction of sp³-hybridized carbons (Fsp3) is 0.667. The van der Waals surface area contributed by atoms with Gasteiger partial charge in [0.05, 0.1) is 30.0 Å². The monoisotopic (exact) mass is 198 g/mol. The van der Waals surface area contributed by atoms with Crippen molar-refractivity contribution in [1.82, 2.24) is 10.3 Å². The van der Waals surface area contributed by atoms with E-state index in [0.29, 0.717) is 6.04 Å². The van der Waals surface area contributed by atoms with Gasteiger partial charge in [-0.05, 0) is 13.8 Å². The van der Waals surface area contributed by atoms with E-state index in [1.807, 2.05) is 6.92 Å². The van der Waals surface area contributed by atoms with Gasteiger partial charge in [-0.25, -0.2) is 4.98 Å². The Labute approximate surface area is 82.1 Å². The van der Waals surface area contributed by atoms with Gasteiger partial charge >= 0.3 is 0 Å². The summed E-state index contributed by atoms with van der Waals surface area (Å²) in [6.45, 7) is 6.77. The summed E-state index contributed by atoms with van der Waals surface area (Å²) in [6.07, 6.45) is 0. The molecule has 1 aromatic rings. The first-order valence-electron chi connectivity index (χ1n) is 4.50. The second-order valence-corrected chi connectivity index (χ2v) is 4.64. The summed E-state index contributed by atoms with van der Waals surface area (Å²) in [5.74, 6) is 0. The highest BCUT2D eigenvalue weighted by atomic mass is 32.1. The Morgan fingerprint density at radius 3 is 2.77 bits per heavy atom. The number of nitrogens with zero attached hydrogens (tertiary/aromatic N) is 1. The van der Waals surface area contributed by atoms with Gasteiger partial charge in [0.2, 0.25) is 0 Å². The van der Waals surface area contributed by atoms with Gasteiger partial charge in [0, 0.05) is 11.4 Å². The summed E-state index contributed by atoms with van der Waals surface area (Å²) in [4.78, 5) is 5.73. The molecule has 1 aromatic heterocycles. The summed E-state index contributed by atoms with van der Waals surface area (Å²) in [5, 5.41) is 4.59. The molecule has 0 atom stereocenters. The molecule has 2 rings (SSSR count). The molecule has 13 heavy (non-hydrogen) atoms. The second-order valence-electron chi connectivity index (χ2n) is 3.36. The highest BCUT2D eigenvalue weighted by molar-refractivity contribution is 7.11. The highest BCUT2D eigenvalue weighted by Crippen LogP contribution is 2.17. The summed E-state index contributed by atoms with van der Waals surface area (Å²) < 4.78 is 5.08. The van der Waals surface area contributed by atoms with E-state index >= 15 is 0 Å². The summed E-state index contributed by atoms with van der Waals surface area (Å²) >= 11 is 1.78. The fourth-order valence-electron chi connectivity index (χ4n) is 1.33. The zero-order chi connectivity index (χ0) is 9.26. The van der Waals surface area contributed by atoms with Gasteiger partial charge in [-0.1, -0.05) is 0 Å². The van der Waals surface area contributed by atoms with Gasteiger partial charge in [-0.15, -0.1) is 11.3 Å². The van der Waals surface area contributed by atoms with Crippen LogP contribution in [0.2, 0.25) is 0 Å². The Bertz CT molecular complexity index is 294. The van der Waals surface area contributed by atoms with E-state index in [9.17, 15) is 0 Å². The summed E-state index contributed by atoms with van der Waals surface area (Å²) in [7, 11) is 0. The average Bonchev–Trinajstić information content (AvgIpc) is 2.27. The van der Waals surface area contributed by atoms with Gasteiger partial charge < -0.3 is 10.1 Å². The predicted octanol–water partition coefficient (Wildman–Crippen LogP) is 1.25. The van der Waals surface area contributed by atoms with Crippen LogP contribution in [0.15, 0.2) is 0 Å². The van der Waals surface area contributed by atoms with Gasteiger partial charge in [-0.3, -0.25) is 0 Å². The van der Waals surface area contributed by atoms with Crippen LogP contribution >= 0.6 is 11.3 Å². The van der Waals surface area contributed by atoms with E-state index in [4.69, 9.17) is 4.74 Å². The molecule has 1 aliphatic rings. The third-order valence-electron chi connectivity index (χ3n) is 2.19. The molecule has 0 saturated carbocycles. The second kappa shape index (κ2) is 3.74. The van der Waals surface area contributed by atoms with E-state index in [1.54, 1.807) is 11.3 Å². The number of ether oxygens (including phenoxy) is 1. The molecular formula is C9H14N2OS. The van der Waals surface area contributed by atoms with Crippen molar-refractivity contribution in [1.29, 1.82) is 0 Å². The molecule has 0 spiro atoms. The molecule has 0 bridgehead atoms. The quantitative estimate of drug-likeness (QED) is 0.793. The molecular weight excluding hydrogens is 184 g/mol. The Morgan fingerprint density at radius 2 is 2.31 bits per heavy atom. The minimum absolute atomic E-state index is 0.557. The maximum Gasteiger partial charge on any atom is 0.0900 e. The normalized spacial score (nSPS) is 17.4. The van der Waals surface area contributed by atoms with Crippen molar-refractivity contribution >= 4 is 11.3 Å². The van der Waals surface area contributed by atoms with Crippen LogP contribution in [0.5, 0.6) is 0 Å². The van der Waals surface area contributed by atoms with Crippen molar-refractivity contribution in [2.45, 2.75) is 26.4 Å². The zero-order valence-electron chi connectivity index (χ0n) is 7.96. The molecule has 3 nitrogen and oxygen atoms in total. The molecule has 1 aliphatic heterocycles. The van der Waals surface area contributed by atoms with Crippen molar-refractivity contribution in [2.24, 2.45) is 0 Å². The Kier molecular flexibility index (Phi) is 2.62. The number of rotatable bonds is 3. The molecule has 4 heteroatoms.